The van der Waals surface area contributed by atoms with Crippen LogP contribution in [0.2, 0.25) is 0 Å². The molecule has 0 amide bonds. The summed E-state index contributed by atoms with van der Waals surface area (Å²) in [6, 6.07) is -1.10. The summed E-state index contributed by atoms with van der Waals surface area (Å²) in [5.74, 6) is 0.295. The maximum atomic E-state index is 12.2. The summed E-state index contributed by atoms with van der Waals surface area (Å²) in [6.45, 7) is 2.47. The molecule has 0 radical (unpaired) electrons. The van der Waals surface area contributed by atoms with Crippen molar-refractivity contribution in [2.45, 2.75) is 38.5 Å². The van der Waals surface area contributed by atoms with Gasteiger partial charge in [0.2, 0.25) is 0 Å². The minimum atomic E-state index is -4.26. The first-order chi connectivity index (χ1) is 7.17. The molecule has 0 aliphatic rings. The predicted octanol–water partition coefficient (Wildman–Crippen LogP) is 1.21. The van der Waals surface area contributed by atoms with Gasteiger partial charge >= 0.3 is 6.18 Å². The predicted molar refractivity (Wildman–Crippen MR) is 57.0 cm³/mol. The van der Waals surface area contributed by atoms with Crippen molar-refractivity contribution in [3.63, 3.8) is 0 Å². The number of nitrogens with two attached hydrogens (primary N) is 1. The summed E-state index contributed by atoms with van der Waals surface area (Å²) >= 11 is 0. The molecular formula is C10H21F3N2O. The molecule has 0 aromatic carbocycles. The summed E-state index contributed by atoms with van der Waals surface area (Å²) in [4.78, 5) is 1.06. The zero-order chi connectivity index (χ0) is 12.9. The average Bonchev–Trinajstić information content (AvgIpc) is 1.99. The molecule has 3 nitrogen and oxygen atoms in total. The van der Waals surface area contributed by atoms with Crippen LogP contribution in [0.1, 0.15) is 20.3 Å². The highest BCUT2D eigenvalue weighted by atomic mass is 19.4. The molecule has 0 rings (SSSR count). The highest BCUT2D eigenvalue weighted by Gasteiger charge is 2.33. The number of halogens is 3. The number of likely N-dealkylation sites (N-methyl/N-ethyl adjacent to an activating group) is 1. The van der Waals surface area contributed by atoms with Crippen LogP contribution in [0.3, 0.4) is 0 Å². The normalized spacial score (nSPS) is 16.9. The molecule has 0 saturated heterocycles. The molecule has 0 fully saturated rings. The van der Waals surface area contributed by atoms with Crippen LogP contribution in [0.25, 0.3) is 0 Å². The van der Waals surface area contributed by atoms with Crippen LogP contribution in [0, 0.1) is 5.92 Å². The van der Waals surface area contributed by atoms with Gasteiger partial charge in [0.1, 0.15) is 0 Å². The fourth-order valence-electron chi connectivity index (χ4n) is 1.70. The Bertz CT molecular complexity index is 197. The molecule has 0 bridgehead atoms. The van der Waals surface area contributed by atoms with Gasteiger partial charge in [-0.05, 0) is 19.4 Å². The highest BCUT2D eigenvalue weighted by Crippen LogP contribution is 2.18. The Kier molecular flexibility index (Phi) is 6.28. The van der Waals surface area contributed by atoms with Gasteiger partial charge in [-0.25, -0.2) is 0 Å². The van der Waals surface area contributed by atoms with Crippen LogP contribution in [0.4, 0.5) is 13.2 Å². The molecule has 2 unspecified atom stereocenters. The minimum absolute atomic E-state index is 0.295. The number of aliphatic hydroxyl groups excluding tert-OH is 1. The molecule has 16 heavy (non-hydrogen) atoms. The third-order valence-corrected chi connectivity index (χ3v) is 2.42. The van der Waals surface area contributed by atoms with E-state index in [4.69, 9.17) is 10.8 Å². The number of hydrogen-bond acceptors (Lipinski definition) is 3. The number of hydrogen-bond donors (Lipinski definition) is 2. The zero-order valence-electron chi connectivity index (χ0n) is 9.96. The molecule has 0 aromatic heterocycles. The topological polar surface area (TPSA) is 49.5 Å². The van der Waals surface area contributed by atoms with E-state index in [1.807, 2.05) is 13.8 Å². The summed E-state index contributed by atoms with van der Waals surface area (Å²) in [7, 11) is 1.33. The largest absolute Gasteiger partial charge is 0.401 e. The van der Waals surface area contributed by atoms with Gasteiger partial charge < -0.3 is 10.8 Å². The third kappa shape index (κ3) is 6.30. The van der Waals surface area contributed by atoms with Gasteiger partial charge in [0.15, 0.2) is 0 Å². The van der Waals surface area contributed by atoms with Gasteiger partial charge in [-0.15, -0.1) is 0 Å². The fraction of sp³-hybridized carbons (Fsp3) is 1.00. The van der Waals surface area contributed by atoms with E-state index in [9.17, 15) is 13.2 Å². The van der Waals surface area contributed by atoms with E-state index in [2.05, 4.69) is 0 Å². The summed E-state index contributed by atoms with van der Waals surface area (Å²) in [5.41, 5.74) is 5.78. The van der Waals surface area contributed by atoms with Crippen LogP contribution in [-0.2, 0) is 0 Å². The standard InChI is InChI=1S/C10H21F3N2O/c1-7(2)4-8(14)9(5-16)15(3)6-10(11,12)13/h7-9,16H,4-6,14H2,1-3H3. The minimum Gasteiger partial charge on any atom is -0.395 e. The Balaban J connectivity index is 4.36. The van der Waals surface area contributed by atoms with Crippen molar-refractivity contribution in [2.75, 3.05) is 20.2 Å². The molecule has 98 valence electrons. The molecule has 0 aliphatic heterocycles. The number of nitrogens with zero attached hydrogens (tertiary/aromatic N) is 1. The van der Waals surface area contributed by atoms with Crippen LogP contribution in [-0.4, -0.2) is 48.5 Å². The van der Waals surface area contributed by atoms with E-state index in [0.29, 0.717) is 12.3 Å². The summed E-state index contributed by atoms with van der Waals surface area (Å²) in [5, 5.41) is 9.09. The molecule has 0 aromatic rings. The molecular weight excluding hydrogens is 221 g/mol. The van der Waals surface area contributed by atoms with Crippen molar-refractivity contribution in [3.05, 3.63) is 0 Å². The van der Waals surface area contributed by atoms with Gasteiger partial charge in [0.05, 0.1) is 13.2 Å². The fourth-order valence-corrected chi connectivity index (χ4v) is 1.70. The van der Waals surface area contributed by atoms with Gasteiger partial charge in [-0.3, -0.25) is 4.90 Å². The first-order valence-electron chi connectivity index (χ1n) is 5.30. The van der Waals surface area contributed by atoms with Gasteiger partial charge in [-0.1, -0.05) is 13.8 Å². The second kappa shape index (κ2) is 6.42. The number of aliphatic hydroxyl groups is 1. The van der Waals surface area contributed by atoms with Crippen LogP contribution >= 0.6 is 0 Å². The first-order valence-corrected chi connectivity index (χ1v) is 5.30. The van der Waals surface area contributed by atoms with E-state index >= 15 is 0 Å². The van der Waals surface area contributed by atoms with Crippen LogP contribution < -0.4 is 5.73 Å². The molecule has 0 aliphatic carbocycles. The van der Waals surface area contributed by atoms with Crippen molar-refractivity contribution < 1.29 is 18.3 Å². The van der Waals surface area contributed by atoms with Crippen molar-refractivity contribution in [2.24, 2.45) is 11.7 Å². The number of rotatable bonds is 6. The van der Waals surface area contributed by atoms with Gasteiger partial charge in [-0.2, -0.15) is 13.2 Å². The third-order valence-electron chi connectivity index (χ3n) is 2.42. The summed E-state index contributed by atoms with van der Waals surface area (Å²) < 4.78 is 36.5. The monoisotopic (exact) mass is 242 g/mol. The highest BCUT2D eigenvalue weighted by molar-refractivity contribution is 4.82. The summed E-state index contributed by atoms with van der Waals surface area (Å²) in [6.07, 6.45) is -3.67. The van der Waals surface area contributed by atoms with Crippen molar-refractivity contribution >= 4 is 0 Å². The van der Waals surface area contributed by atoms with Crippen LogP contribution in [0.5, 0.6) is 0 Å². The van der Waals surface area contributed by atoms with Crippen molar-refractivity contribution in [3.8, 4) is 0 Å². The van der Waals surface area contributed by atoms with E-state index in [0.717, 1.165) is 4.90 Å². The zero-order valence-corrected chi connectivity index (χ0v) is 9.96. The maximum Gasteiger partial charge on any atom is 0.401 e. The maximum absolute atomic E-state index is 12.2. The Morgan fingerprint density at radius 1 is 1.31 bits per heavy atom. The molecule has 0 heterocycles. The smallest absolute Gasteiger partial charge is 0.395 e. The Labute approximate surface area is 94.4 Å². The first kappa shape index (κ1) is 15.7. The second-order valence-electron chi connectivity index (χ2n) is 4.57. The lowest BCUT2D eigenvalue weighted by Gasteiger charge is -2.32. The molecule has 3 N–H and O–H groups in total. The number of alkyl halides is 3. The quantitative estimate of drug-likeness (QED) is 0.736. The van der Waals surface area contributed by atoms with E-state index < -0.39 is 24.8 Å². The van der Waals surface area contributed by atoms with E-state index in [-0.39, 0.29) is 6.61 Å². The van der Waals surface area contributed by atoms with Crippen molar-refractivity contribution in [1.82, 2.24) is 4.90 Å². The molecule has 6 heteroatoms. The lowest BCUT2D eigenvalue weighted by atomic mass is 9.98. The van der Waals surface area contributed by atoms with E-state index in [1.165, 1.54) is 7.05 Å². The Morgan fingerprint density at radius 3 is 2.12 bits per heavy atom. The van der Waals surface area contributed by atoms with Gasteiger partial charge in [0.25, 0.3) is 0 Å². The average molecular weight is 242 g/mol. The molecule has 2 atom stereocenters. The molecule has 0 spiro atoms. The molecule has 0 saturated carbocycles. The Morgan fingerprint density at radius 2 is 1.81 bits per heavy atom. The lowest BCUT2D eigenvalue weighted by molar-refractivity contribution is -0.149. The second-order valence-corrected chi connectivity index (χ2v) is 4.57. The SMILES string of the molecule is CC(C)CC(N)C(CO)N(C)CC(F)(F)F. The Hall–Kier alpha value is -0.330. The lowest BCUT2D eigenvalue weighted by Crippen LogP contribution is -2.51. The van der Waals surface area contributed by atoms with Crippen molar-refractivity contribution in [1.29, 1.82) is 0 Å². The van der Waals surface area contributed by atoms with Crippen LogP contribution in [0.15, 0.2) is 0 Å². The van der Waals surface area contributed by atoms with Gasteiger partial charge in [0, 0.05) is 12.1 Å². The van der Waals surface area contributed by atoms with E-state index in [1.54, 1.807) is 0 Å².